The number of ether oxygens (including phenoxy) is 2. The van der Waals surface area contributed by atoms with Gasteiger partial charge in [-0.15, -0.1) is 0 Å². The molecule has 0 radical (unpaired) electrons. The first-order valence-electron chi connectivity index (χ1n) is 13.0. The van der Waals surface area contributed by atoms with E-state index in [4.69, 9.17) is 37.7 Å². The lowest BCUT2D eigenvalue weighted by molar-refractivity contribution is -0.123. The molecule has 5 rings (SSSR count). The topological polar surface area (TPSA) is 83.5 Å². The Kier molecular flexibility index (Phi) is 8.19. The van der Waals surface area contributed by atoms with Gasteiger partial charge in [0.05, 0.1) is 24.8 Å². The SMILES string of the molecule is COc1ccc(C2=NC(c3ccc(Cl)cc3)C(c3ccccc3Cl)N2C(=O)N2CCNC(=O)C2)c(OC(C)C)c1. The highest BCUT2D eigenvalue weighted by Gasteiger charge is 2.45. The number of nitrogens with zero attached hydrogens (tertiary/aromatic N) is 3. The number of aliphatic imine (C=N–C) groups is 1. The lowest BCUT2D eigenvalue weighted by Gasteiger charge is -2.36. The van der Waals surface area contributed by atoms with Gasteiger partial charge in [0.2, 0.25) is 5.91 Å². The molecule has 1 N–H and O–H groups in total. The fourth-order valence-electron chi connectivity index (χ4n) is 5.01. The van der Waals surface area contributed by atoms with Crippen molar-refractivity contribution in [2.24, 2.45) is 4.99 Å². The monoisotopic (exact) mass is 580 g/mol. The molecule has 0 saturated carbocycles. The van der Waals surface area contributed by atoms with Crippen molar-refractivity contribution in [3.63, 3.8) is 0 Å². The highest BCUT2D eigenvalue weighted by molar-refractivity contribution is 6.31. The van der Waals surface area contributed by atoms with Crippen LogP contribution in [0.25, 0.3) is 0 Å². The average Bonchev–Trinajstić information content (AvgIpc) is 3.33. The van der Waals surface area contributed by atoms with Gasteiger partial charge in [-0.1, -0.05) is 53.5 Å². The standard InChI is InChI=1S/C30H30Cl2N4O4/c1-18(2)40-25-16-21(39-3)12-13-23(25)29-34-27(19-8-10-20(31)11-9-19)28(22-6-4-5-7-24(22)32)36(29)30(38)35-15-14-33-26(37)17-35/h4-13,16,18,27-28H,14-15,17H2,1-3H3,(H,33,37). The summed E-state index contributed by atoms with van der Waals surface area (Å²) in [6, 6.07) is 18.8. The van der Waals surface area contributed by atoms with Crippen molar-refractivity contribution >= 4 is 41.0 Å². The van der Waals surface area contributed by atoms with Crippen molar-refractivity contribution in [1.29, 1.82) is 0 Å². The molecule has 208 valence electrons. The summed E-state index contributed by atoms with van der Waals surface area (Å²) in [6.45, 7) is 4.54. The summed E-state index contributed by atoms with van der Waals surface area (Å²) < 4.78 is 11.7. The summed E-state index contributed by atoms with van der Waals surface area (Å²) >= 11 is 13.0. The van der Waals surface area contributed by atoms with Crippen LogP contribution in [0.4, 0.5) is 4.79 Å². The molecule has 3 aromatic rings. The highest BCUT2D eigenvalue weighted by atomic mass is 35.5. The number of amidine groups is 1. The average molecular weight is 582 g/mol. The molecule has 1 saturated heterocycles. The molecule has 0 aliphatic carbocycles. The van der Waals surface area contributed by atoms with E-state index in [0.29, 0.717) is 46.0 Å². The van der Waals surface area contributed by atoms with Crippen molar-refractivity contribution < 1.29 is 19.1 Å². The first-order valence-corrected chi connectivity index (χ1v) is 13.8. The predicted molar refractivity (Wildman–Crippen MR) is 155 cm³/mol. The summed E-state index contributed by atoms with van der Waals surface area (Å²) in [5.41, 5.74) is 2.22. The lowest BCUT2D eigenvalue weighted by Crippen LogP contribution is -2.55. The van der Waals surface area contributed by atoms with Gasteiger partial charge in [-0.05, 0) is 55.3 Å². The minimum absolute atomic E-state index is 0.0541. The number of hydrogen-bond acceptors (Lipinski definition) is 5. The first-order chi connectivity index (χ1) is 19.3. The highest BCUT2D eigenvalue weighted by Crippen LogP contribution is 2.47. The maximum Gasteiger partial charge on any atom is 0.326 e. The fourth-order valence-corrected chi connectivity index (χ4v) is 5.38. The predicted octanol–water partition coefficient (Wildman–Crippen LogP) is 5.89. The van der Waals surface area contributed by atoms with Crippen LogP contribution in [0.2, 0.25) is 10.0 Å². The molecule has 10 heteroatoms. The summed E-state index contributed by atoms with van der Waals surface area (Å²) in [6.07, 6.45) is -0.144. The van der Waals surface area contributed by atoms with Crippen LogP contribution in [0.5, 0.6) is 11.5 Å². The largest absolute Gasteiger partial charge is 0.497 e. The number of piperazine rings is 1. The molecule has 1 fully saturated rings. The second-order valence-corrected chi connectivity index (χ2v) is 10.7. The summed E-state index contributed by atoms with van der Waals surface area (Å²) in [7, 11) is 1.59. The molecule has 2 aliphatic rings. The van der Waals surface area contributed by atoms with Crippen molar-refractivity contribution in [3.8, 4) is 11.5 Å². The first kappa shape index (κ1) is 27.8. The third-order valence-corrected chi connectivity index (χ3v) is 7.41. The van der Waals surface area contributed by atoms with Crippen molar-refractivity contribution in [1.82, 2.24) is 15.1 Å². The third-order valence-electron chi connectivity index (χ3n) is 6.81. The Morgan fingerprint density at radius 3 is 2.50 bits per heavy atom. The zero-order valence-electron chi connectivity index (χ0n) is 22.4. The number of hydrogen-bond donors (Lipinski definition) is 1. The fraction of sp³-hybridized carbons (Fsp3) is 0.300. The van der Waals surface area contributed by atoms with E-state index < -0.39 is 12.1 Å². The van der Waals surface area contributed by atoms with Gasteiger partial charge in [0.1, 0.15) is 29.9 Å². The Hall–Kier alpha value is -3.75. The van der Waals surface area contributed by atoms with E-state index in [9.17, 15) is 9.59 Å². The van der Waals surface area contributed by atoms with Gasteiger partial charge in [-0.3, -0.25) is 14.7 Å². The van der Waals surface area contributed by atoms with Crippen LogP contribution in [-0.2, 0) is 4.79 Å². The van der Waals surface area contributed by atoms with E-state index in [0.717, 1.165) is 11.1 Å². The Morgan fingerprint density at radius 2 is 1.82 bits per heavy atom. The number of carbonyl (C=O) groups is 2. The van der Waals surface area contributed by atoms with Crippen LogP contribution in [0.15, 0.2) is 71.7 Å². The van der Waals surface area contributed by atoms with E-state index >= 15 is 0 Å². The number of carbonyl (C=O) groups excluding carboxylic acids is 2. The molecule has 2 unspecified atom stereocenters. The van der Waals surface area contributed by atoms with E-state index in [-0.39, 0.29) is 24.6 Å². The van der Waals surface area contributed by atoms with Gasteiger partial charge >= 0.3 is 6.03 Å². The molecule has 0 spiro atoms. The molecule has 2 atom stereocenters. The number of halogens is 2. The molecule has 2 aliphatic heterocycles. The summed E-state index contributed by atoms with van der Waals surface area (Å²) in [5.74, 6) is 1.34. The molecular formula is C30H30Cl2N4O4. The van der Waals surface area contributed by atoms with Crippen molar-refractivity contribution in [3.05, 3.63) is 93.5 Å². The molecule has 0 aromatic heterocycles. The number of methoxy groups -OCH3 is 1. The third kappa shape index (κ3) is 5.60. The quantitative estimate of drug-likeness (QED) is 0.394. The van der Waals surface area contributed by atoms with Gasteiger partial charge < -0.3 is 19.7 Å². The minimum Gasteiger partial charge on any atom is -0.497 e. The summed E-state index contributed by atoms with van der Waals surface area (Å²) in [4.78, 5) is 35.0. The number of rotatable bonds is 6. The van der Waals surface area contributed by atoms with E-state index in [1.807, 2.05) is 56.3 Å². The van der Waals surface area contributed by atoms with E-state index in [1.165, 1.54) is 4.90 Å². The van der Waals surface area contributed by atoms with Gasteiger partial charge in [0.15, 0.2) is 0 Å². The van der Waals surface area contributed by atoms with Crippen molar-refractivity contribution in [2.75, 3.05) is 26.7 Å². The van der Waals surface area contributed by atoms with E-state index in [1.54, 1.807) is 36.3 Å². The number of urea groups is 1. The zero-order valence-corrected chi connectivity index (χ0v) is 23.9. The molecule has 2 heterocycles. The van der Waals surface area contributed by atoms with Crippen molar-refractivity contribution in [2.45, 2.75) is 32.0 Å². The molecule has 3 aromatic carbocycles. The van der Waals surface area contributed by atoms with Crippen LogP contribution < -0.4 is 14.8 Å². The van der Waals surface area contributed by atoms with Gasteiger partial charge in [0, 0.05) is 29.2 Å². The maximum absolute atomic E-state index is 14.4. The van der Waals surface area contributed by atoms with Gasteiger partial charge in [-0.2, -0.15) is 0 Å². The normalized spacial score (nSPS) is 18.9. The Morgan fingerprint density at radius 1 is 1.07 bits per heavy atom. The zero-order chi connectivity index (χ0) is 28.4. The van der Waals surface area contributed by atoms with E-state index in [2.05, 4.69) is 5.32 Å². The van der Waals surface area contributed by atoms with Crippen LogP contribution in [0.1, 0.15) is 42.6 Å². The second kappa shape index (κ2) is 11.8. The van der Waals surface area contributed by atoms with Crippen LogP contribution >= 0.6 is 23.2 Å². The number of nitrogens with one attached hydrogen (secondary N) is 1. The Bertz CT molecular complexity index is 1440. The second-order valence-electron chi connectivity index (χ2n) is 9.87. The lowest BCUT2D eigenvalue weighted by atomic mass is 9.93. The molecular weight excluding hydrogens is 551 g/mol. The summed E-state index contributed by atoms with van der Waals surface area (Å²) in [5, 5.41) is 3.88. The maximum atomic E-state index is 14.4. The van der Waals surface area contributed by atoms with Crippen LogP contribution in [0.3, 0.4) is 0 Å². The molecule has 8 nitrogen and oxygen atoms in total. The Labute approximate surface area is 243 Å². The number of amides is 3. The van der Waals surface area contributed by atoms with Crippen LogP contribution in [0, 0.1) is 0 Å². The number of benzene rings is 3. The molecule has 0 bridgehead atoms. The van der Waals surface area contributed by atoms with Crippen LogP contribution in [-0.4, -0.2) is 60.4 Å². The smallest absolute Gasteiger partial charge is 0.326 e. The van der Waals surface area contributed by atoms with Gasteiger partial charge in [0.25, 0.3) is 0 Å². The Balaban J connectivity index is 1.72. The molecule has 3 amide bonds. The molecule has 40 heavy (non-hydrogen) atoms. The minimum atomic E-state index is -0.601. The van der Waals surface area contributed by atoms with Gasteiger partial charge in [-0.25, -0.2) is 4.79 Å².